The molecule has 0 saturated heterocycles. The predicted octanol–water partition coefficient (Wildman–Crippen LogP) is 13.6. The second-order valence-corrected chi connectivity index (χ2v) is 52.2. The number of Topliss-reactive ketones (excluding diaryl/α,β-unsaturated/α-hetero) is 2. The first-order valence-corrected chi connectivity index (χ1v) is 40.8. The van der Waals surface area contributed by atoms with E-state index < -0.39 is 22.6 Å². The number of halogens is 9. The van der Waals surface area contributed by atoms with Crippen molar-refractivity contribution < 1.29 is 39.0 Å². The number of nitrogens with one attached hydrogen (secondary N) is 3. The molecule has 0 unspecified atom stereocenters. The average Bonchev–Trinajstić information content (AvgIpc) is 3.24. The van der Waals surface area contributed by atoms with Gasteiger partial charge in [0.05, 0.1) is 48.3 Å². The van der Waals surface area contributed by atoms with Gasteiger partial charge in [0.2, 0.25) is 0 Å². The third-order valence-corrected chi connectivity index (χ3v) is 11.3. The fourth-order valence-corrected chi connectivity index (χ4v) is 7.61. The zero-order valence-corrected chi connectivity index (χ0v) is 56.3. The Morgan fingerprint density at radius 3 is 1.44 bits per heavy atom. The molecule has 3 aliphatic rings. The number of methoxy groups -OCH3 is 1. The third-order valence-electron chi connectivity index (χ3n) is 9.15. The van der Waals surface area contributed by atoms with Gasteiger partial charge in [0.15, 0.2) is 11.6 Å². The van der Waals surface area contributed by atoms with E-state index >= 15 is 0 Å². The molecule has 11 nitrogen and oxygen atoms in total. The van der Waals surface area contributed by atoms with Crippen molar-refractivity contribution >= 4 is 222 Å². The van der Waals surface area contributed by atoms with Crippen LogP contribution >= 0.6 is 175 Å². The van der Waals surface area contributed by atoms with E-state index in [1.807, 2.05) is 86.7 Å². The number of amides is 1. The number of hydrogen-bond donors (Lipinski definition) is 5. The molecule has 21 heteroatoms. The van der Waals surface area contributed by atoms with Crippen LogP contribution in [0.15, 0.2) is 49.8 Å². The molecule has 0 bridgehead atoms. The summed E-state index contributed by atoms with van der Waals surface area (Å²) in [6.45, 7) is 15.9. The Bertz CT molecular complexity index is 1990. The van der Waals surface area contributed by atoms with Gasteiger partial charge < -0.3 is 42.7 Å². The van der Waals surface area contributed by atoms with Gasteiger partial charge in [-0.15, -0.1) is 0 Å². The second-order valence-electron chi connectivity index (χ2n) is 14.2. The van der Waals surface area contributed by atoms with Gasteiger partial charge in [0.25, 0.3) is 5.91 Å². The predicted molar refractivity (Wildman–Crippen MR) is 322 cm³/mol. The summed E-state index contributed by atoms with van der Waals surface area (Å²) in [5.41, 5.74) is 5.16. The van der Waals surface area contributed by atoms with Crippen LogP contribution in [0.2, 0.25) is 0 Å². The number of alkyl halides is 3. The van der Waals surface area contributed by atoms with Gasteiger partial charge >= 0.3 is 70.8 Å². The number of ketones is 2. The van der Waals surface area contributed by atoms with Crippen LogP contribution in [0.4, 0.5) is 22.7 Å². The van der Waals surface area contributed by atoms with Crippen molar-refractivity contribution in [3.8, 4) is 0 Å². The summed E-state index contributed by atoms with van der Waals surface area (Å²) in [5.74, 6) is -0.253. The molecule has 0 aromatic heterocycles. The minimum absolute atomic E-state index is 0.0159. The molecule has 6 rings (SSSR count). The van der Waals surface area contributed by atoms with E-state index in [0.29, 0.717) is 22.0 Å². The quantitative estimate of drug-likeness (QED) is 0.0740. The van der Waals surface area contributed by atoms with Gasteiger partial charge in [-0.1, -0.05) is 99.6 Å². The number of aliphatic hydroxyl groups excluding tert-OH is 2. The van der Waals surface area contributed by atoms with Gasteiger partial charge in [-0.05, 0) is 125 Å². The summed E-state index contributed by atoms with van der Waals surface area (Å²) in [5, 5.41) is 28.3. The maximum atomic E-state index is 12.2. The molecule has 63 heavy (non-hydrogen) atoms. The van der Waals surface area contributed by atoms with Gasteiger partial charge in [0.1, 0.15) is 5.54 Å². The first kappa shape index (κ1) is 66.7. The van der Waals surface area contributed by atoms with E-state index in [4.69, 9.17) is 4.74 Å². The van der Waals surface area contributed by atoms with Crippen molar-refractivity contribution in [3.63, 3.8) is 0 Å². The Morgan fingerprint density at radius 2 is 1.03 bits per heavy atom. The fourth-order valence-electron chi connectivity index (χ4n) is 6.13. The van der Waals surface area contributed by atoms with Crippen LogP contribution in [0.1, 0.15) is 81.1 Å². The fraction of sp³-hybridized carbons (Fsp3) is 0.452. The van der Waals surface area contributed by atoms with Crippen LogP contribution in [0, 0.1) is 6.92 Å². The number of aliphatic hydroxyl groups is 2. The van der Waals surface area contributed by atoms with Crippen LogP contribution in [0.25, 0.3) is 0 Å². The summed E-state index contributed by atoms with van der Waals surface area (Å²) in [6, 6.07) is 11.3. The van der Waals surface area contributed by atoms with E-state index in [9.17, 15) is 29.4 Å². The molecule has 0 aliphatic carbocycles. The molecule has 0 spiro atoms. The minimum atomic E-state index is -0.623. The third kappa shape index (κ3) is 19.4. The number of carbonyl (C=O) groups excluding carboxylic acids is 4. The maximum absolute atomic E-state index is 12.2. The van der Waals surface area contributed by atoms with E-state index in [1.54, 1.807) is 24.9 Å². The molecular formula is C42H57Br3I6N4O7V-. The Morgan fingerprint density at radius 1 is 0.683 bits per heavy atom. The van der Waals surface area contributed by atoms with Crippen molar-refractivity contribution in [2.45, 2.75) is 91.1 Å². The van der Waals surface area contributed by atoms with Gasteiger partial charge in [-0.2, -0.15) is 6.92 Å². The zero-order chi connectivity index (χ0) is 49.8. The molecule has 356 valence electrons. The van der Waals surface area contributed by atoms with Gasteiger partial charge in [0, 0.05) is 50.2 Å². The number of benzene rings is 3. The van der Waals surface area contributed by atoms with Crippen molar-refractivity contribution in [1.29, 1.82) is 0 Å². The molecule has 3 aromatic carbocycles. The van der Waals surface area contributed by atoms with Crippen LogP contribution in [-0.2, 0) is 50.1 Å². The number of carbonyl (C=O) groups is 4. The van der Waals surface area contributed by atoms with E-state index in [0.717, 1.165) is 48.4 Å². The molecule has 0 radical (unpaired) electrons. The molecule has 3 heterocycles. The van der Waals surface area contributed by atoms with Crippen molar-refractivity contribution in [1.82, 2.24) is 0 Å². The number of anilines is 4. The summed E-state index contributed by atoms with van der Waals surface area (Å²) < 4.78 is 7.06. The molecule has 5 N–H and O–H groups in total. The van der Waals surface area contributed by atoms with Crippen LogP contribution in [0.3, 0.4) is 0 Å². The number of rotatable bonds is 3. The number of esters is 1. The molecule has 0 fully saturated rings. The monoisotopic (exact) mass is 1780 g/mol. The first-order chi connectivity index (χ1) is 29.4. The molecule has 3 aliphatic heterocycles. The van der Waals surface area contributed by atoms with Gasteiger partial charge in [-0.25, -0.2) is 4.79 Å². The number of likely N-dealkylation sites (N-methyl/N-ethyl adjacent to an activating group) is 1. The Hall–Kier alpha value is 1.66. The van der Waals surface area contributed by atoms with Crippen molar-refractivity contribution in [2.75, 3.05) is 49.8 Å². The molecule has 0 saturated carbocycles. The first-order valence-electron chi connectivity index (χ1n) is 18.5. The molecular weight excluding hydrogens is 1720 g/mol. The second kappa shape index (κ2) is 32.5. The summed E-state index contributed by atoms with van der Waals surface area (Å²) in [7, 11) is 3.06. The molecule has 0 atom stereocenters. The average molecular weight is 1780 g/mol. The van der Waals surface area contributed by atoms with Gasteiger partial charge in [-0.3, -0.25) is 14.4 Å². The van der Waals surface area contributed by atoms with Crippen molar-refractivity contribution in [3.05, 3.63) is 84.6 Å². The Kier molecular flexibility index (Phi) is 34.5. The molecule has 1 amide bonds. The van der Waals surface area contributed by atoms with E-state index in [1.165, 1.54) is 7.11 Å². The topological polar surface area (TPSA) is 157 Å². The standard InChI is InChI=1S/C13H14BrNO3.C12H15BrN2O2.C12H14BrNO2.C2H5.3CH3I.3HI.V/c1-13(2)10(16)6-7-9(15-13)5-4-8(14)11(7)12(17)18-3;1-12(2)11(17)15(3)10-7(6-16)8(13)4-5-9(10)14-12;1-12(2)11(16)5-7-8(6-15)9(13)3-4-10(7)14-12;4*1-2;;;;/h4-5,15H,6H2,1-3H3;4-5,14,16H,6H2,1-3H3;3-4,14-15H,5-6H2,1-2H3;1H2,2H3;3*1H3;3*1H;/q;;;-1;;;;;;;+3/p-3. The van der Waals surface area contributed by atoms with Crippen LogP contribution in [0.5, 0.6) is 0 Å². The van der Waals surface area contributed by atoms with E-state index in [2.05, 4.69) is 198 Å². The van der Waals surface area contributed by atoms with Crippen molar-refractivity contribution in [2.24, 2.45) is 0 Å². The summed E-state index contributed by atoms with van der Waals surface area (Å²) in [6.07, 6.45) is 0.615. The zero-order valence-electron chi connectivity index (χ0n) is 37.2. The summed E-state index contributed by atoms with van der Waals surface area (Å²) in [4.78, 5) is 55.1. The number of fused-ring (bicyclic) bond motifs is 3. The number of ether oxygens (including phenoxy) is 1. The number of hydrogen-bond acceptors (Lipinski definition) is 10. The molecule has 3 aromatic rings. The Labute approximate surface area is 478 Å². The van der Waals surface area contributed by atoms with Crippen LogP contribution < -0.4 is 20.9 Å². The summed E-state index contributed by atoms with van der Waals surface area (Å²) >= 11 is 23.9. The van der Waals surface area contributed by atoms with E-state index in [-0.39, 0.29) is 42.0 Å². The van der Waals surface area contributed by atoms with Crippen LogP contribution in [-0.4, -0.2) is 79.2 Å². The SMILES string of the molecule is CC1(C)Nc2ccc(Br)c(CO)c2CC1=O.CI.CI.CI.CN1C(=O)C(C)(C)Nc2ccc(Br)c(CO)c21.COC(=O)c1c(Br)ccc2c1CC(=O)C(C)(C)N2.[CH2-]C.[I][V]([I])[I]. The normalized spacial score (nSPS) is 15.1. The number of nitrogens with zero attached hydrogens (tertiary/aromatic N) is 1. The Balaban J connectivity index is 0.